The molecule has 11 rings (SSSR count). The summed E-state index contributed by atoms with van der Waals surface area (Å²) in [7, 11) is 0. The molecule has 1 aromatic heterocycles. The van der Waals surface area contributed by atoms with Crippen molar-refractivity contribution in [2.24, 2.45) is 0 Å². The zero-order valence-corrected chi connectivity index (χ0v) is 27.4. The average Bonchev–Trinajstić information content (AvgIpc) is 3.54. The first-order valence-electron chi connectivity index (χ1n) is 16.9. The van der Waals surface area contributed by atoms with Gasteiger partial charge in [0.15, 0.2) is 0 Å². The van der Waals surface area contributed by atoms with Gasteiger partial charge in [0.25, 0.3) is 0 Å². The van der Waals surface area contributed by atoms with Gasteiger partial charge in [-0.3, -0.25) is 0 Å². The van der Waals surface area contributed by atoms with E-state index in [1.807, 2.05) is 11.3 Å². The lowest BCUT2D eigenvalue weighted by molar-refractivity contribution is 1.66. The third-order valence-corrected chi connectivity index (χ3v) is 11.8. The smallest absolute Gasteiger partial charge is 0.0362 e. The fraction of sp³-hybridized carbons (Fsp3) is 0. The second-order valence-electron chi connectivity index (χ2n) is 13.2. The molecule has 11 aromatic rings. The van der Waals surface area contributed by atoms with Crippen LogP contribution in [0.4, 0.5) is 0 Å². The highest BCUT2D eigenvalue weighted by atomic mass is 32.1. The molecular formula is C48H28S. The second kappa shape index (κ2) is 10.2. The molecule has 0 aliphatic carbocycles. The topological polar surface area (TPSA) is 0 Å². The summed E-state index contributed by atoms with van der Waals surface area (Å²) in [6.07, 6.45) is 0. The summed E-state index contributed by atoms with van der Waals surface area (Å²) < 4.78 is 2.69. The molecule has 0 bridgehead atoms. The largest absolute Gasteiger partial charge is 0.135 e. The van der Waals surface area contributed by atoms with Gasteiger partial charge < -0.3 is 0 Å². The minimum atomic E-state index is 1.24. The fourth-order valence-corrected chi connectivity index (χ4v) is 9.44. The van der Waals surface area contributed by atoms with Crippen molar-refractivity contribution >= 4 is 96.1 Å². The molecule has 0 spiro atoms. The Morgan fingerprint density at radius 3 is 1.47 bits per heavy atom. The Hall–Kier alpha value is -6.02. The zero-order valence-electron chi connectivity index (χ0n) is 26.6. The van der Waals surface area contributed by atoms with Crippen LogP contribution in [0.15, 0.2) is 170 Å². The van der Waals surface area contributed by atoms with Gasteiger partial charge in [0.1, 0.15) is 0 Å². The van der Waals surface area contributed by atoms with E-state index >= 15 is 0 Å². The lowest BCUT2D eigenvalue weighted by Crippen LogP contribution is -1.88. The van der Waals surface area contributed by atoms with Crippen molar-refractivity contribution in [1.82, 2.24) is 0 Å². The molecule has 0 radical (unpaired) electrons. The van der Waals surface area contributed by atoms with Gasteiger partial charge >= 0.3 is 0 Å². The predicted molar refractivity (Wildman–Crippen MR) is 215 cm³/mol. The van der Waals surface area contributed by atoms with Crippen LogP contribution < -0.4 is 0 Å². The Labute approximate surface area is 287 Å². The molecule has 0 amide bonds. The Morgan fingerprint density at radius 2 is 0.735 bits per heavy atom. The van der Waals surface area contributed by atoms with Crippen molar-refractivity contribution in [1.29, 1.82) is 0 Å². The van der Waals surface area contributed by atoms with Crippen LogP contribution in [0.3, 0.4) is 0 Å². The van der Waals surface area contributed by atoms with Gasteiger partial charge in [-0.1, -0.05) is 140 Å². The molecule has 0 saturated heterocycles. The molecule has 0 N–H and O–H groups in total. The molecule has 0 fully saturated rings. The molecule has 49 heavy (non-hydrogen) atoms. The van der Waals surface area contributed by atoms with E-state index in [2.05, 4.69) is 170 Å². The summed E-state index contributed by atoms with van der Waals surface area (Å²) in [6, 6.07) is 63.3. The monoisotopic (exact) mass is 636 g/mol. The molecule has 0 aliphatic rings. The van der Waals surface area contributed by atoms with Crippen molar-refractivity contribution in [3.8, 4) is 22.3 Å². The summed E-state index contributed by atoms with van der Waals surface area (Å²) in [5, 5.41) is 18.2. The number of hydrogen-bond donors (Lipinski definition) is 0. The van der Waals surface area contributed by atoms with Crippen molar-refractivity contribution in [3.05, 3.63) is 170 Å². The normalized spacial score (nSPS) is 12.1. The molecule has 0 nitrogen and oxygen atoms in total. The fourth-order valence-electron chi connectivity index (χ4n) is 8.31. The summed E-state index contributed by atoms with van der Waals surface area (Å²) >= 11 is 1.89. The highest BCUT2D eigenvalue weighted by Gasteiger charge is 2.15. The number of fused-ring (bicyclic) bond motifs is 13. The highest BCUT2D eigenvalue weighted by molar-refractivity contribution is 7.25. The Kier molecular flexibility index (Phi) is 5.64. The Balaban J connectivity index is 1.13. The second-order valence-corrected chi connectivity index (χ2v) is 14.3. The summed E-state index contributed by atoms with van der Waals surface area (Å²) in [5.74, 6) is 0. The number of thiophene rings is 1. The van der Waals surface area contributed by atoms with Gasteiger partial charge in [-0.15, -0.1) is 11.3 Å². The van der Waals surface area contributed by atoms with E-state index in [1.165, 1.54) is 107 Å². The maximum Gasteiger partial charge on any atom is 0.0362 e. The summed E-state index contributed by atoms with van der Waals surface area (Å²) in [5.41, 5.74) is 5.01. The first-order valence-corrected chi connectivity index (χ1v) is 17.7. The lowest BCUT2D eigenvalue weighted by atomic mass is 9.88. The predicted octanol–water partition coefficient (Wildman–Crippen LogP) is 14.3. The third kappa shape index (κ3) is 3.97. The zero-order chi connectivity index (χ0) is 32.1. The first-order chi connectivity index (χ1) is 24.3. The third-order valence-electron chi connectivity index (χ3n) is 10.6. The molecule has 226 valence electrons. The van der Waals surface area contributed by atoms with E-state index in [4.69, 9.17) is 0 Å². The lowest BCUT2D eigenvalue weighted by Gasteiger charge is -2.15. The van der Waals surface area contributed by atoms with Crippen LogP contribution in [0.5, 0.6) is 0 Å². The SMILES string of the molecule is c1ccc2c(c1)ccc1ccc(-c3ccc(-c4ccc5c(c4)c4ccccc4c4cc6c(cc54)sc4ccccc46)c4ccccc34)cc12. The van der Waals surface area contributed by atoms with Crippen LogP contribution in [0.2, 0.25) is 0 Å². The van der Waals surface area contributed by atoms with Gasteiger partial charge in [0.05, 0.1) is 0 Å². The van der Waals surface area contributed by atoms with Crippen molar-refractivity contribution < 1.29 is 0 Å². The molecule has 10 aromatic carbocycles. The molecule has 0 saturated carbocycles. The van der Waals surface area contributed by atoms with E-state index < -0.39 is 0 Å². The van der Waals surface area contributed by atoms with Crippen LogP contribution >= 0.6 is 11.3 Å². The number of benzene rings is 10. The maximum atomic E-state index is 2.43. The first kappa shape index (κ1) is 27.0. The van der Waals surface area contributed by atoms with Crippen molar-refractivity contribution in [2.75, 3.05) is 0 Å². The van der Waals surface area contributed by atoms with Crippen LogP contribution in [-0.2, 0) is 0 Å². The number of rotatable bonds is 2. The molecular weight excluding hydrogens is 609 g/mol. The highest BCUT2D eigenvalue weighted by Crippen LogP contribution is 2.44. The minimum absolute atomic E-state index is 1.24. The molecule has 0 aliphatic heterocycles. The van der Waals surface area contributed by atoms with Crippen LogP contribution in [0.1, 0.15) is 0 Å². The van der Waals surface area contributed by atoms with Gasteiger partial charge in [-0.05, 0) is 117 Å². The van der Waals surface area contributed by atoms with Crippen LogP contribution in [-0.4, -0.2) is 0 Å². The van der Waals surface area contributed by atoms with E-state index in [0.29, 0.717) is 0 Å². The Morgan fingerprint density at radius 1 is 0.245 bits per heavy atom. The minimum Gasteiger partial charge on any atom is -0.135 e. The summed E-state index contributed by atoms with van der Waals surface area (Å²) in [4.78, 5) is 0. The molecule has 1 heterocycles. The molecule has 1 heteroatoms. The van der Waals surface area contributed by atoms with Gasteiger partial charge in [-0.25, -0.2) is 0 Å². The van der Waals surface area contributed by atoms with Crippen LogP contribution in [0.25, 0.3) is 107 Å². The molecule has 0 unspecified atom stereocenters. The quantitative estimate of drug-likeness (QED) is 0.166. The van der Waals surface area contributed by atoms with E-state index in [1.54, 1.807) is 0 Å². The van der Waals surface area contributed by atoms with E-state index in [0.717, 1.165) is 0 Å². The number of hydrogen-bond acceptors (Lipinski definition) is 1. The molecule has 0 atom stereocenters. The average molecular weight is 637 g/mol. The maximum absolute atomic E-state index is 2.43. The standard InChI is InChI=1S/C48H28S/c1-2-10-33-29(9-1)17-18-30-19-20-31(25-42(30)33)34-23-24-35(37-12-4-3-11-36(34)37)32-21-22-40-43(26-32)38-13-5-6-14-39(38)44-27-46-41-15-7-8-16-47(41)49-48(46)28-45(40)44/h1-28H. The van der Waals surface area contributed by atoms with Gasteiger partial charge in [0, 0.05) is 20.2 Å². The van der Waals surface area contributed by atoms with Gasteiger partial charge in [-0.2, -0.15) is 0 Å². The van der Waals surface area contributed by atoms with E-state index in [-0.39, 0.29) is 0 Å². The van der Waals surface area contributed by atoms with Gasteiger partial charge in [0.2, 0.25) is 0 Å². The van der Waals surface area contributed by atoms with Crippen molar-refractivity contribution in [3.63, 3.8) is 0 Å². The van der Waals surface area contributed by atoms with E-state index in [9.17, 15) is 0 Å². The van der Waals surface area contributed by atoms with Crippen molar-refractivity contribution in [2.45, 2.75) is 0 Å². The van der Waals surface area contributed by atoms with Crippen LogP contribution in [0, 0.1) is 0 Å². The Bertz CT molecular complexity index is 3160. The summed E-state index contributed by atoms with van der Waals surface area (Å²) in [6.45, 7) is 0.